The molecular weight excluding hydrogens is 500 g/mol. The Balaban J connectivity index is 1.46. The number of fused-ring (bicyclic) bond motifs is 1. The molecule has 0 saturated heterocycles. The van der Waals surface area contributed by atoms with Gasteiger partial charge in [-0.25, -0.2) is 15.0 Å². The Morgan fingerprint density at radius 2 is 1.79 bits per heavy atom. The number of urea groups is 1. The van der Waals surface area contributed by atoms with Gasteiger partial charge in [0, 0.05) is 28.4 Å². The van der Waals surface area contributed by atoms with Crippen LogP contribution in [0.4, 0.5) is 16.2 Å². The summed E-state index contributed by atoms with van der Waals surface area (Å²) in [7, 11) is 1.37. The summed E-state index contributed by atoms with van der Waals surface area (Å²) in [4.78, 5) is 40.0. The van der Waals surface area contributed by atoms with E-state index in [1.54, 1.807) is 40.9 Å². The average molecular weight is 531 g/mol. The van der Waals surface area contributed by atoms with Gasteiger partial charge in [-0.15, -0.1) is 11.8 Å². The molecule has 0 saturated carbocycles. The lowest BCUT2D eigenvalue weighted by Gasteiger charge is -2.16. The molecule has 38 heavy (non-hydrogen) atoms. The molecule has 1 aliphatic heterocycles. The van der Waals surface area contributed by atoms with Crippen molar-refractivity contribution < 1.29 is 19.1 Å². The molecule has 0 atom stereocenters. The maximum absolute atomic E-state index is 13.2. The second-order valence-electron chi connectivity index (χ2n) is 8.67. The average Bonchev–Trinajstić information content (AvgIpc) is 3.20. The summed E-state index contributed by atoms with van der Waals surface area (Å²) in [5.41, 5.74) is 6.47. The van der Waals surface area contributed by atoms with Crippen LogP contribution in [0.3, 0.4) is 0 Å². The zero-order valence-corrected chi connectivity index (χ0v) is 22.2. The summed E-state index contributed by atoms with van der Waals surface area (Å²) in [6.45, 7) is 2.67. The van der Waals surface area contributed by atoms with E-state index in [4.69, 9.17) is 4.74 Å². The number of anilines is 2. The Labute approximate surface area is 226 Å². The first-order chi connectivity index (χ1) is 18.5. The predicted molar refractivity (Wildman–Crippen MR) is 151 cm³/mol. The fraction of sp³-hybridized carbons (Fsp3) is 0.241. The highest BCUT2D eigenvalue weighted by Crippen LogP contribution is 2.33. The van der Waals surface area contributed by atoms with Gasteiger partial charge in [-0.05, 0) is 60.9 Å². The molecule has 1 aliphatic rings. The van der Waals surface area contributed by atoms with Crippen LogP contribution in [0.25, 0.3) is 0 Å². The van der Waals surface area contributed by atoms with Crippen molar-refractivity contribution in [2.45, 2.75) is 31.1 Å². The highest BCUT2D eigenvalue weighted by Gasteiger charge is 2.34. The summed E-state index contributed by atoms with van der Waals surface area (Å²) < 4.78 is 4.75. The number of thioether (sulfide) groups is 1. The quantitative estimate of drug-likeness (QED) is 0.205. The number of rotatable bonds is 10. The summed E-state index contributed by atoms with van der Waals surface area (Å²) >= 11 is 1.67. The van der Waals surface area contributed by atoms with Gasteiger partial charge in [0.2, 0.25) is 0 Å². The van der Waals surface area contributed by atoms with Gasteiger partial charge in [0.15, 0.2) is 5.71 Å². The molecule has 0 fully saturated rings. The standard InChI is InChI=1S/C29H30N4O4S/c1-3-4-17-33-25-15-14-23(38-18-16-20-10-12-21(13-11-20)28(35)37-2)19-24(25)26(27(33)34)31-32-29(36)30-22-8-6-5-7-9-22/h5-15,19H,3-4,16-18H2,1-2H3,(H2,30,32,36)/b31-26-. The van der Waals surface area contributed by atoms with Crippen LogP contribution in [0.15, 0.2) is 82.8 Å². The molecule has 3 aromatic rings. The van der Waals surface area contributed by atoms with Crippen LogP contribution in [0.1, 0.15) is 41.3 Å². The van der Waals surface area contributed by atoms with Crippen LogP contribution < -0.4 is 15.6 Å². The van der Waals surface area contributed by atoms with Gasteiger partial charge in [0.1, 0.15) is 0 Å². The van der Waals surface area contributed by atoms with Crippen molar-refractivity contribution in [3.63, 3.8) is 0 Å². The Bertz CT molecular complexity index is 1330. The lowest BCUT2D eigenvalue weighted by Crippen LogP contribution is -2.33. The molecule has 3 aromatic carbocycles. The summed E-state index contributed by atoms with van der Waals surface area (Å²) in [5, 5.41) is 6.92. The van der Waals surface area contributed by atoms with Crippen molar-refractivity contribution in [1.82, 2.24) is 5.43 Å². The van der Waals surface area contributed by atoms with Crippen LogP contribution >= 0.6 is 11.8 Å². The summed E-state index contributed by atoms with van der Waals surface area (Å²) in [6.07, 6.45) is 2.64. The van der Waals surface area contributed by atoms with Crippen molar-refractivity contribution in [2.75, 3.05) is 29.6 Å². The number of benzene rings is 3. The number of esters is 1. The summed E-state index contributed by atoms with van der Waals surface area (Å²) in [5.74, 6) is 0.242. The SMILES string of the molecule is CCCCN1C(=O)/C(=N\NC(=O)Nc2ccccc2)c2cc(SCCc3ccc(C(=O)OC)cc3)ccc21. The van der Waals surface area contributed by atoms with Crippen molar-refractivity contribution >= 4 is 46.8 Å². The number of nitrogens with one attached hydrogen (secondary N) is 2. The van der Waals surface area contributed by atoms with Crippen LogP contribution in [-0.4, -0.2) is 43.0 Å². The molecule has 196 valence electrons. The van der Waals surface area contributed by atoms with E-state index in [1.807, 2.05) is 48.5 Å². The van der Waals surface area contributed by atoms with E-state index in [1.165, 1.54) is 7.11 Å². The van der Waals surface area contributed by atoms with Gasteiger partial charge in [0.05, 0.1) is 18.4 Å². The molecule has 0 aromatic heterocycles. The maximum Gasteiger partial charge on any atom is 0.339 e. The van der Waals surface area contributed by atoms with Crippen LogP contribution in [0.2, 0.25) is 0 Å². The van der Waals surface area contributed by atoms with E-state index in [0.29, 0.717) is 23.4 Å². The molecule has 1 heterocycles. The van der Waals surface area contributed by atoms with E-state index < -0.39 is 6.03 Å². The number of hydrogen-bond donors (Lipinski definition) is 2. The van der Waals surface area contributed by atoms with Gasteiger partial charge in [-0.3, -0.25) is 4.79 Å². The fourth-order valence-corrected chi connectivity index (χ4v) is 4.97. The third-order valence-electron chi connectivity index (χ3n) is 6.03. The lowest BCUT2D eigenvalue weighted by molar-refractivity contribution is -0.112. The smallest absolute Gasteiger partial charge is 0.339 e. The number of amides is 3. The van der Waals surface area contributed by atoms with Crippen molar-refractivity contribution in [3.8, 4) is 0 Å². The molecule has 0 bridgehead atoms. The van der Waals surface area contributed by atoms with E-state index in [-0.39, 0.29) is 17.6 Å². The minimum Gasteiger partial charge on any atom is -0.465 e. The molecule has 4 rings (SSSR count). The second-order valence-corrected chi connectivity index (χ2v) is 9.84. The van der Waals surface area contributed by atoms with Crippen molar-refractivity contribution in [1.29, 1.82) is 0 Å². The Hall–Kier alpha value is -4.11. The minimum absolute atomic E-state index is 0.221. The number of methoxy groups -OCH3 is 1. The zero-order valence-electron chi connectivity index (χ0n) is 21.4. The van der Waals surface area contributed by atoms with Gasteiger partial charge >= 0.3 is 12.0 Å². The summed E-state index contributed by atoms with van der Waals surface area (Å²) in [6, 6.07) is 21.8. The van der Waals surface area contributed by atoms with E-state index in [2.05, 4.69) is 22.8 Å². The number of hydrazone groups is 1. The van der Waals surface area contributed by atoms with E-state index >= 15 is 0 Å². The number of hydrogen-bond acceptors (Lipinski definition) is 6. The zero-order chi connectivity index (χ0) is 26.9. The van der Waals surface area contributed by atoms with E-state index in [9.17, 15) is 14.4 Å². The number of unbranched alkanes of at least 4 members (excludes halogenated alkanes) is 1. The van der Waals surface area contributed by atoms with Crippen LogP contribution in [-0.2, 0) is 16.0 Å². The first-order valence-corrected chi connectivity index (χ1v) is 13.4. The number of para-hydroxylation sites is 1. The van der Waals surface area contributed by atoms with Gasteiger partial charge in [-0.2, -0.15) is 5.10 Å². The monoisotopic (exact) mass is 530 g/mol. The van der Waals surface area contributed by atoms with Gasteiger partial charge in [0.25, 0.3) is 5.91 Å². The van der Waals surface area contributed by atoms with Gasteiger partial charge in [-0.1, -0.05) is 43.7 Å². The topological polar surface area (TPSA) is 100 Å². The Morgan fingerprint density at radius 1 is 1.03 bits per heavy atom. The number of nitrogens with zero attached hydrogens (tertiary/aromatic N) is 2. The third kappa shape index (κ3) is 6.60. The first kappa shape index (κ1) is 26.9. The lowest BCUT2D eigenvalue weighted by atomic mass is 10.1. The third-order valence-corrected chi connectivity index (χ3v) is 7.03. The maximum atomic E-state index is 13.2. The first-order valence-electron chi connectivity index (χ1n) is 12.5. The molecule has 9 heteroatoms. The van der Waals surface area contributed by atoms with Gasteiger partial charge < -0.3 is 15.0 Å². The Morgan fingerprint density at radius 3 is 2.50 bits per heavy atom. The number of aryl methyl sites for hydroxylation is 1. The number of carbonyl (C=O) groups is 3. The molecule has 3 amide bonds. The highest BCUT2D eigenvalue weighted by molar-refractivity contribution is 7.99. The van der Waals surface area contributed by atoms with Crippen molar-refractivity contribution in [2.24, 2.45) is 5.10 Å². The minimum atomic E-state index is -0.520. The fourth-order valence-electron chi connectivity index (χ4n) is 4.03. The molecule has 8 nitrogen and oxygen atoms in total. The van der Waals surface area contributed by atoms with Crippen LogP contribution in [0, 0.1) is 0 Å². The largest absolute Gasteiger partial charge is 0.465 e. The predicted octanol–water partition coefficient (Wildman–Crippen LogP) is 5.48. The normalized spacial score (nSPS) is 13.4. The number of carbonyl (C=O) groups excluding carboxylic acids is 3. The highest BCUT2D eigenvalue weighted by atomic mass is 32.2. The molecule has 0 radical (unpaired) electrons. The van der Waals surface area contributed by atoms with Crippen LogP contribution in [0.5, 0.6) is 0 Å². The van der Waals surface area contributed by atoms with Crippen molar-refractivity contribution in [3.05, 3.63) is 89.5 Å². The molecule has 0 unspecified atom stereocenters. The molecule has 0 spiro atoms. The molecule has 2 N–H and O–H groups in total. The molecule has 0 aliphatic carbocycles. The number of ether oxygens (including phenoxy) is 1. The molecular formula is C29H30N4O4S. The Kier molecular flexibility index (Phi) is 9.16. The second kappa shape index (κ2) is 12.9. The van der Waals surface area contributed by atoms with E-state index in [0.717, 1.165) is 41.2 Å².